The lowest BCUT2D eigenvalue weighted by molar-refractivity contribution is -0.137. The largest absolute Gasteiger partial charge is 0.416 e. The summed E-state index contributed by atoms with van der Waals surface area (Å²) in [6.45, 7) is 2.01. The molecule has 0 amide bonds. The van der Waals surface area contributed by atoms with Gasteiger partial charge in [-0.25, -0.2) is 9.97 Å². The monoisotopic (exact) mass is 383 g/mol. The third-order valence-corrected chi connectivity index (χ3v) is 4.28. The maximum Gasteiger partial charge on any atom is 0.416 e. The molecule has 5 nitrogen and oxygen atoms in total. The second-order valence-corrected chi connectivity index (χ2v) is 6.17. The Labute approximate surface area is 158 Å². The molecule has 0 bridgehead atoms. The predicted molar refractivity (Wildman–Crippen MR) is 101 cm³/mol. The van der Waals surface area contributed by atoms with E-state index in [1.165, 1.54) is 18.3 Å². The molecule has 142 valence electrons. The molecule has 0 unspecified atom stereocenters. The summed E-state index contributed by atoms with van der Waals surface area (Å²) in [5.41, 5.74) is 1.57. The van der Waals surface area contributed by atoms with Gasteiger partial charge in [-0.3, -0.25) is 9.55 Å². The molecule has 8 heteroatoms. The molecule has 28 heavy (non-hydrogen) atoms. The quantitative estimate of drug-likeness (QED) is 0.530. The first-order valence-corrected chi connectivity index (χ1v) is 8.69. The van der Waals surface area contributed by atoms with Crippen molar-refractivity contribution in [1.82, 2.24) is 19.5 Å². The van der Waals surface area contributed by atoms with Crippen molar-refractivity contribution in [2.24, 2.45) is 0 Å². The number of nitrogens with zero attached hydrogens (tertiary/aromatic N) is 4. The van der Waals surface area contributed by atoms with Gasteiger partial charge in [-0.05, 0) is 36.4 Å². The lowest BCUT2D eigenvalue weighted by atomic mass is 10.2. The van der Waals surface area contributed by atoms with Crippen LogP contribution in [0.1, 0.15) is 18.3 Å². The van der Waals surface area contributed by atoms with E-state index in [2.05, 4.69) is 20.3 Å². The smallest absolute Gasteiger partial charge is 0.339 e. The van der Waals surface area contributed by atoms with E-state index in [0.717, 1.165) is 29.0 Å². The summed E-state index contributed by atoms with van der Waals surface area (Å²) in [6, 6.07) is 12.5. The van der Waals surface area contributed by atoms with Crippen LogP contribution >= 0.6 is 0 Å². The van der Waals surface area contributed by atoms with E-state index in [1.54, 1.807) is 6.20 Å². The molecule has 4 aromatic rings. The number of benzene rings is 2. The Morgan fingerprint density at radius 2 is 1.71 bits per heavy atom. The predicted octanol–water partition coefficient (Wildman–Crippen LogP) is 5.14. The van der Waals surface area contributed by atoms with Gasteiger partial charge < -0.3 is 5.32 Å². The first kappa shape index (κ1) is 18.0. The van der Waals surface area contributed by atoms with E-state index >= 15 is 0 Å². The molecule has 1 N–H and O–H groups in total. The number of fused-ring (bicyclic) bond motifs is 1. The molecule has 2 heterocycles. The third-order valence-electron chi connectivity index (χ3n) is 4.28. The molecule has 0 aliphatic heterocycles. The first-order valence-electron chi connectivity index (χ1n) is 8.69. The fourth-order valence-electron chi connectivity index (χ4n) is 2.98. The average molecular weight is 383 g/mol. The Morgan fingerprint density at radius 1 is 0.964 bits per heavy atom. The Kier molecular flexibility index (Phi) is 4.46. The van der Waals surface area contributed by atoms with Crippen LogP contribution < -0.4 is 5.32 Å². The number of hydrogen-bond acceptors (Lipinski definition) is 4. The number of halogens is 3. The number of aryl methyl sites for hydroxylation is 1. The zero-order valence-electron chi connectivity index (χ0n) is 14.9. The van der Waals surface area contributed by atoms with Crippen molar-refractivity contribution in [2.75, 3.05) is 5.32 Å². The molecular weight excluding hydrogens is 367 g/mol. The standard InChI is InChI=1S/C20H16F3N5/c1-2-18-26-15-5-3-4-6-16(15)28(18)19-12-24-11-17(27-19)25-14-9-7-13(8-10-14)20(21,22)23/h3-12H,2H2,1H3,(H,25,27). The average Bonchev–Trinajstić information content (AvgIpc) is 3.06. The first-order chi connectivity index (χ1) is 13.5. The van der Waals surface area contributed by atoms with Crippen molar-refractivity contribution < 1.29 is 13.2 Å². The van der Waals surface area contributed by atoms with E-state index in [0.29, 0.717) is 23.7 Å². The summed E-state index contributed by atoms with van der Waals surface area (Å²) in [5.74, 6) is 1.86. The maximum atomic E-state index is 12.7. The summed E-state index contributed by atoms with van der Waals surface area (Å²) < 4.78 is 40.0. The minimum Gasteiger partial charge on any atom is -0.339 e. The molecule has 0 aliphatic carbocycles. The SMILES string of the molecule is CCc1nc2ccccc2n1-c1cncc(Nc2ccc(C(F)(F)F)cc2)n1. The Balaban J connectivity index is 1.68. The van der Waals surface area contributed by atoms with Gasteiger partial charge in [-0.2, -0.15) is 13.2 Å². The van der Waals surface area contributed by atoms with Gasteiger partial charge in [0.15, 0.2) is 11.6 Å². The second kappa shape index (κ2) is 6.95. The van der Waals surface area contributed by atoms with Gasteiger partial charge in [0.05, 0.1) is 29.0 Å². The fraction of sp³-hybridized carbons (Fsp3) is 0.150. The molecule has 0 aliphatic rings. The number of imidazole rings is 1. The molecular formula is C20H16F3N5. The topological polar surface area (TPSA) is 55.6 Å². The maximum absolute atomic E-state index is 12.7. The Morgan fingerprint density at radius 3 is 2.43 bits per heavy atom. The molecule has 0 radical (unpaired) electrons. The lowest BCUT2D eigenvalue weighted by Gasteiger charge is -2.11. The number of para-hydroxylation sites is 2. The van der Waals surface area contributed by atoms with Crippen LogP contribution in [0.25, 0.3) is 16.9 Å². The summed E-state index contributed by atoms with van der Waals surface area (Å²) >= 11 is 0. The summed E-state index contributed by atoms with van der Waals surface area (Å²) in [7, 11) is 0. The number of nitrogens with one attached hydrogen (secondary N) is 1. The Bertz CT molecular complexity index is 1120. The highest BCUT2D eigenvalue weighted by Gasteiger charge is 2.29. The highest BCUT2D eigenvalue weighted by Crippen LogP contribution is 2.30. The van der Waals surface area contributed by atoms with Gasteiger partial charge in [-0.15, -0.1) is 0 Å². The van der Waals surface area contributed by atoms with Gasteiger partial charge in [-0.1, -0.05) is 19.1 Å². The van der Waals surface area contributed by atoms with Gasteiger partial charge in [0.25, 0.3) is 0 Å². The second-order valence-electron chi connectivity index (χ2n) is 6.17. The number of anilines is 2. The minimum atomic E-state index is -4.36. The third kappa shape index (κ3) is 3.40. The molecule has 0 saturated carbocycles. The molecule has 2 aromatic carbocycles. The van der Waals surface area contributed by atoms with Crippen molar-refractivity contribution in [3.05, 3.63) is 72.3 Å². The zero-order chi connectivity index (χ0) is 19.7. The zero-order valence-corrected chi connectivity index (χ0v) is 14.9. The molecule has 0 atom stereocenters. The number of alkyl halides is 3. The highest BCUT2D eigenvalue weighted by atomic mass is 19.4. The van der Waals surface area contributed by atoms with Crippen molar-refractivity contribution in [3.63, 3.8) is 0 Å². The van der Waals surface area contributed by atoms with Crippen LogP contribution in [-0.2, 0) is 12.6 Å². The van der Waals surface area contributed by atoms with Crippen molar-refractivity contribution in [3.8, 4) is 5.82 Å². The van der Waals surface area contributed by atoms with Crippen molar-refractivity contribution in [1.29, 1.82) is 0 Å². The molecule has 0 saturated heterocycles. The lowest BCUT2D eigenvalue weighted by Crippen LogP contribution is -2.06. The summed E-state index contributed by atoms with van der Waals surface area (Å²) in [4.78, 5) is 13.4. The fourth-order valence-corrected chi connectivity index (χ4v) is 2.98. The molecule has 0 fully saturated rings. The van der Waals surface area contributed by atoms with Crippen molar-refractivity contribution >= 4 is 22.5 Å². The number of aromatic nitrogens is 4. The van der Waals surface area contributed by atoms with Gasteiger partial charge in [0.1, 0.15) is 5.82 Å². The van der Waals surface area contributed by atoms with Crippen LogP contribution in [0.15, 0.2) is 60.9 Å². The Hall–Kier alpha value is -3.42. The van der Waals surface area contributed by atoms with Crippen LogP contribution in [0.4, 0.5) is 24.7 Å². The highest BCUT2D eigenvalue weighted by molar-refractivity contribution is 5.78. The van der Waals surface area contributed by atoms with E-state index < -0.39 is 11.7 Å². The van der Waals surface area contributed by atoms with Crippen LogP contribution in [0.2, 0.25) is 0 Å². The van der Waals surface area contributed by atoms with E-state index in [9.17, 15) is 13.2 Å². The van der Waals surface area contributed by atoms with Gasteiger partial charge >= 0.3 is 6.18 Å². The van der Waals surface area contributed by atoms with E-state index in [-0.39, 0.29) is 0 Å². The number of rotatable bonds is 4. The van der Waals surface area contributed by atoms with Crippen LogP contribution in [0.5, 0.6) is 0 Å². The van der Waals surface area contributed by atoms with Crippen LogP contribution in [-0.4, -0.2) is 19.5 Å². The van der Waals surface area contributed by atoms with Gasteiger partial charge in [0, 0.05) is 12.1 Å². The summed E-state index contributed by atoms with van der Waals surface area (Å²) in [5, 5.41) is 3.00. The minimum absolute atomic E-state index is 0.428. The summed E-state index contributed by atoms with van der Waals surface area (Å²) in [6.07, 6.45) is -0.499. The molecule has 4 rings (SSSR count). The van der Waals surface area contributed by atoms with E-state index in [4.69, 9.17) is 0 Å². The normalized spacial score (nSPS) is 11.7. The van der Waals surface area contributed by atoms with Crippen LogP contribution in [0, 0.1) is 0 Å². The van der Waals surface area contributed by atoms with E-state index in [1.807, 2.05) is 35.8 Å². The molecule has 2 aromatic heterocycles. The number of hydrogen-bond donors (Lipinski definition) is 1. The van der Waals surface area contributed by atoms with Crippen molar-refractivity contribution in [2.45, 2.75) is 19.5 Å². The molecule has 0 spiro atoms. The van der Waals surface area contributed by atoms with Crippen LogP contribution in [0.3, 0.4) is 0 Å². The van der Waals surface area contributed by atoms with Gasteiger partial charge in [0.2, 0.25) is 0 Å².